The second kappa shape index (κ2) is 15.4. The molecule has 1 saturated heterocycles. The minimum Gasteiger partial charge on any atom is -0.790 e. The van der Waals surface area contributed by atoms with Crippen molar-refractivity contribution in [3.63, 3.8) is 0 Å². The van der Waals surface area contributed by atoms with Gasteiger partial charge in [-0.25, -0.2) is 4.31 Å². The molecule has 26 heteroatoms. The number of nitrogens with one attached hydrogen (secondary N) is 1. The number of hydrogen-bond acceptors (Lipinski definition) is 17. The van der Waals surface area contributed by atoms with Crippen LogP contribution in [0.4, 0.5) is 5.95 Å². The first-order chi connectivity index (χ1) is 14.2. The van der Waals surface area contributed by atoms with Gasteiger partial charge in [0, 0.05) is 6.42 Å². The van der Waals surface area contributed by atoms with E-state index in [1.807, 2.05) is 0 Å². The molecular weight excluding hydrogens is 585 g/mol. The van der Waals surface area contributed by atoms with E-state index in [-0.39, 0.29) is 142 Å². The first-order valence-electron chi connectivity index (χ1n) is 7.81. The van der Waals surface area contributed by atoms with Crippen molar-refractivity contribution in [2.45, 2.75) is 24.9 Å². The van der Waals surface area contributed by atoms with Gasteiger partial charge in [0.1, 0.15) is 6.10 Å². The van der Waals surface area contributed by atoms with E-state index < -0.39 is 54.1 Å². The minimum atomic E-state index is -6.12. The Bertz CT molecular complexity index is 1190. The van der Waals surface area contributed by atoms with Crippen LogP contribution in [0.3, 0.4) is 0 Å². The van der Waals surface area contributed by atoms with Gasteiger partial charge in [0.2, 0.25) is 5.95 Å². The van der Waals surface area contributed by atoms with E-state index >= 15 is 0 Å². The van der Waals surface area contributed by atoms with Gasteiger partial charge >= 0.3 is 118 Å². The largest absolute Gasteiger partial charge is 1.00 e. The molecule has 19 nitrogen and oxygen atoms in total. The summed E-state index contributed by atoms with van der Waals surface area (Å²) in [5, 5.41) is 17.3. The zero-order chi connectivity index (χ0) is 23.2. The van der Waals surface area contributed by atoms with Crippen molar-refractivity contribution < 1.29 is 174 Å². The van der Waals surface area contributed by atoms with E-state index in [4.69, 9.17) is 10.5 Å². The molecule has 0 aliphatic carbocycles. The van der Waals surface area contributed by atoms with Gasteiger partial charge in [0.25, 0.3) is 21.2 Å². The van der Waals surface area contributed by atoms with Gasteiger partial charge in [-0.15, -0.1) is 5.10 Å². The first kappa shape index (κ1) is 39.6. The molecule has 2 unspecified atom stereocenters. The standard InChI is InChI=1S/C9H15N6O13P3.4Na/c10-9-11-7-6(8(17)12-9)13-14-15(7)5-1-3(16)4(26-5)2-25-30(21,22)28-31(23,24)27-29(18,19)20;;;;/h3-5,16H,1-2H2,(H,21,22)(H,23,24)(H2,18,19,20)(H3,10,11,12,17);;;;/q;4*+1/p-4/t3-,4+,5+;;;;/m0..../s1. The molecule has 0 radical (unpaired) electrons. The predicted molar refractivity (Wildman–Crippen MR) is 85.8 cm³/mol. The fourth-order valence-electron chi connectivity index (χ4n) is 2.51. The number of phosphoric ester groups is 1. The molecule has 2 aromatic rings. The van der Waals surface area contributed by atoms with Crippen molar-refractivity contribution in [1.29, 1.82) is 0 Å². The van der Waals surface area contributed by atoms with E-state index in [9.17, 15) is 43.2 Å². The number of aliphatic hydroxyl groups excluding tert-OH is 1. The Morgan fingerprint density at radius 2 is 1.71 bits per heavy atom. The van der Waals surface area contributed by atoms with Crippen molar-refractivity contribution in [2.75, 3.05) is 12.3 Å². The molecule has 0 spiro atoms. The number of aromatic amines is 1. The molecule has 0 aromatic carbocycles. The Morgan fingerprint density at radius 3 is 2.29 bits per heavy atom. The minimum absolute atomic E-state index is 0. The normalized spacial score (nSPS) is 23.1. The number of aliphatic hydroxyl groups is 1. The van der Waals surface area contributed by atoms with E-state index in [1.54, 1.807) is 0 Å². The van der Waals surface area contributed by atoms with Crippen molar-refractivity contribution in [3.8, 4) is 0 Å². The van der Waals surface area contributed by atoms with Gasteiger partial charge in [-0.05, 0) is 0 Å². The van der Waals surface area contributed by atoms with Crippen LogP contribution in [0.15, 0.2) is 4.79 Å². The molecule has 1 aliphatic heterocycles. The van der Waals surface area contributed by atoms with Gasteiger partial charge in [-0.2, -0.15) is 9.67 Å². The summed E-state index contributed by atoms with van der Waals surface area (Å²) in [5.74, 6) is -0.256. The van der Waals surface area contributed by atoms with E-state index in [0.717, 1.165) is 4.68 Å². The number of rotatable bonds is 8. The average Bonchev–Trinajstić information content (AvgIpc) is 3.13. The maximum atomic E-state index is 11.8. The summed E-state index contributed by atoms with van der Waals surface area (Å²) in [5.41, 5.74) is 4.47. The number of phosphoric acid groups is 3. The maximum absolute atomic E-state index is 11.8. The fraction of sp³-hybridized carbons (Fsp3) is 0.556. The van der Waals surface area contributed by atoms with Crippen LogP contribution < -0.4 is 149 Å². The predicted octanol–water partition coefficient (Wildman–Crippen LogP) is -16.4. The van der Waals surface area contributed by atoms with Crippen molar-refractivity contribution in [3.05, 3.63) is 10.4 Å². The van der Waals surface area contributed by atoms with Crippen molar-refractivity contribution >= 4 is 40.6 Å². The number of nitrogens with two attached hydrogens (primary N) is 1. The second-order valence-electron chi connectivity index (χ2n) is 5.89. The summed E-state index contributed by atoms with van der Waals surface area (Å²) in [6.07, 6.45) is -4.06. The summed E-state index contributed by atoms with van der Waals surface area (Å²) >= 11 is 0. The van der Waals surface area contributed by atoms with E-state index in [1.165, 1.54) is 0 Å². The van der Waals surface area contributed by atoms with Gasteiger partial charge in [-0.1, -0.05) is 5.21 Å². The Hall–Kier alpha value is 2.41. The topological polar surface area (TPSA) is 303 Å². The fourth-order valence-corrected chi connectivity index (χ4v) is 5.38. The number of nitrogens with zero attached hydrogens (tertiary/aromatic N) is 4. The molecule has 3 heterocycles. The van der Waals surface area contributed by atoms with Crippen LogP contribution in [0.25, 0.3) is 11.2 Å². The van der Waals surface area contributed by atoms with Gasteiger partial charge in [0.15, 0.2) is 17.4 Å². The molecular formula is C9H11N6Na4O13P3. The van der Waals surface area contributed by atoms with Crippen LogP contribution in [-0.2, 0) is 31.6 Å². The monoisotopic (exact) mass is 596 g/mol. The summed E-state index contributed by atoms with van der Waals surface area (Å²) in [7, 11) is -18.0. The SMILES string of the molecule is Nc1nc2c(nnn2[C@H]2C[C@H](O)[C@@H](COP(=O)([O-])OP(=O)([O-])OP(=O)([O-])[O-])O2)c(=O)[nH]1.[Na+].[Na+].[Na+].[Na+]. The van der Waals surface area contributed by atoms with Crippen molar-refractivity contribution in [1.82, 2.24) is 25.0 Å². The summed E-state index contributed by atoms with van der Waals surface area (Å²) in [6.45, 7) is -0.992. The van der Waals surface area contributed by atoms with Crippen LogP contribution in [0.5, 0.6) is 0 Å². The molecule has 0 saturated carbocycles. The first-order valence-corrected chi connectivity index (χ1v) is 12.2. The Morgan fingerprint density at radius 1 is 1.11 bits per heavy atom. The average molecular weight is 596 g/mol. The Kier molecular flexibility index (Phi) is 17.4. The van der Waals surface area contributed by atoms with Crippen LogP contribution in [0, 0.1) is 0 Å². The molecule has 5 atom stereocenters. The smallest absolute Gasteiger partial charge is 0.790 e. The summed E-state index contributed by atoms with van der Waals surface area (Å²) in [4.78, 5) is 61.1. The third-order valence-corrected chi connectivity index (χ3v) is 7.29. The molecule has 3 rings (SSSR count). The molecule has 1 aliphatic rings. The molecule has 0 amide bonds. The summed E-state index contributed by atoms with van der Waals surface area (Å²) < 4.78 is 50.0. The second-order valence-corrected chi connectivity index (χ2v) is 10.1. The molecule has 0 bridgehead atoms. The summed E-state index contributed by atoms with van der Waals surface area (Å²) in [6, 6.07) is 0. The van der Waals surface area contributed by atoms with Crippen LogP contribution >= 0.6 is 23.5 Å². The van der Waals surface area contributed by atoms with Crippen LogP contribution in [0.2, 0.25) is 0 Å². The zero-order valence-corrected chi connectivity index (χ0v) is 29.4. The molecule has 2 aromatic heterocycles. The van der Waals surface area contributed by atoms with Gasteiger partial charge in [0.05, 0.1) is 20.5 Å². The number of hydrogen-bond donors (Lipinski definition) is 3. The Labute approximate surface area is 283 Å². The number of ether oxygens (including phenoxy) is 1. The van der Waals surface area contributed by atoms with Crippen LogP contribution in [0.1, 0.15) is 12.6 Å². The number of anilines is 1. The van der Waals surface area contributed by atoms with Crippen molar-refractivity contribution in [2.24, 2.45) is 0 Å². The van der Waals surface area contributed by atoms with E-state index in [0.29, 0.717) is 0 Å². The molecule has 1 fully saturated rings. The molecule has 35 heavy (non-hydrogen) atoms. The maximum Gasteiger partial charge on any atom is 1.00 e. The van der Waals surface area contributed by atoms with E-state index in [2.05, 4.69) is 33.4 Å². The zero-order valence-electron chi connectivity index (χ0n) is 18.7. The third kappa shape index (κ3) is 11.4. The molecule has 174 valence electrons. The quantitative estimate of drug-likeness (QED) is 0.188. The number of nitrogen functional groups attached to an aromatic ring is 1. The number of H-pyrrole nitrogens is 1. The molecule has 4 N–H and O–H groups in total. The van der Waals surface area contributed by atoms with Gasteiger partial charge in [-0.3, -0.25) is 23.2 Å². The van der Waals surface area contributed by atoms with Crippen LogP contribution in [-0.4, -0.2) is 48.9 Å². The Balaban J connectivity index is 0. The number of aromatic nitrogens is 5. The number of fused-ring (bicyclic) bond motifs is 1. The third-order valence-electron chi connectivity index (χ3n) is 3.63. The van der Waals surface area contributed by atoms with Gasteiger partial charge < -0.3 is 44.2 Å².